The molecule has 0 saturated carbocycles. The molecule has 0 bridgehead atoms. The van der Waals surface area contributed by atoms with Gasteiger partial charge in [-0.2, -0.15) is 9.78 Å². The van der Waals surface area contributed by atoms with Crippen LogP contribution in [-0.2, 0) is 14.8 Å². The Morgan fingerprint density at radius 1 is 1.11 bits per heavy atom. The van der Waals surface area contributed by atoms with Gasteiger partial charge in [0.2, 0.25) is 15.9 Å². The van der Waals surface area contributed by atoms with Crippen LogP contribution in [0.25, 0.3) is 5.69 Å². The van der Waals surface area contributed by atoms with Gasteiger partial charge in [0.25, 0.3) is 5.91 Å². The third-order valence-corrected chi connectivity index (χ3v) is 9.21. The molecule has 13 nitrogen and oxygen atoms in total. The molecular weight excluding hydrogens is 610 g/mol. The van der Waals surface area contributed by atoms with Crippen LogP contribution in [0.3, 0.4) is 0 Å². The zero-order chi connectivity index (χ0) is 31.3. The van der Waals surface area contributed by atoms with Gasteiger partial charge in [-0.05, 0) is 60.8 Å². The highest BCUT2D eigenvalue weighted by Gasteiger charge is 2.27. The van der Waals surface area contributed by atoms with Crippen LogP contribution < -0.4 is 19.5 Å². The molecule has 3 heterocycles. The van der Waals surface area contributed by atoms with E-state index >= 15 is 0 Å². The molecule has 2 aromatic heterocycles. The zero-order valence-corrected chi connectivity index (χ0v) is 25.6. The number of benzene rings is 2. The van der Waals surface area contributed by atoms with E-state index in [1.54, 1.807) is 41.8 Å². The number of hydrogen-bond acceptors (Lipinski definition) is 10. The molecule has 1 aliphatic heterocycles. The minimum Gasteiger partial charge on any atom is -0.497 e. The van der Waals surface area contributed by atoms with Crippen LogP contribution in [0, 0.1) is 6.92 Å². The number of anilines is 1. The van der Waals surface area contributed by atoms with E-state index in [4.69, 9.17) is 14.2 Å². The molecule has 0 aliphatic carbocycles. The fraction of sp³-hybridized carbons (Fsp3) is 0.276. The molecule has 2 aromatic carbocycles. The van der Waals surface area contributed by atoms with E-state index in [1.165, 1.54) is 48.3 Å². The molecule has 0 unspecified atom stereocenters. The molecule has 1 amide bonds. The monoisotopic (exact) mass is 641 g/mol. The topological polar surface area (TPSA) is 161 Å². The van der Waals surface area contributed by atoms with Crippen molar-refractivity contribution in [2.75, 3.05) is 51.8 Å². The van der Waals surface area contributed by atoms with E-state index in [0.717, 1.165) is 0 Å². The van der Waals surface area contributed by atoms with E-state index in [1.807, 2.05) is 0 Å². The molecule has 0 radical (unpaired) electrons. The van der Waals surface area contributed by atoms with E-state index in [0.29, 0.717) is 49.2 Å². The molecule has 15 heteroatoms. The van der Waals surface area contributed by atoms with Gasteiger partial charge in [0.05, 0.1) is 30.9 Å². The Bertz CT molecular complexity index is 1730. The number of morpholine rings is 1. The summed E-state index contributed by atoms with van der Waals surface area (Å²) in [4.78, 5) is 27.0. The summed E-state index contributed by atoms with van der Waals surface area (Å²) in [6.07, 6.45) is 0. The summed E-state index contributed by atoms with van der Waals surface area (Å²) in [5.41, 5.74) is 0.621. The number of amides is 1. The van der Waals surface area contributed by atoms with Gasteiger partial charge in [-0.3, -0.25) is 9.69 Å². The van der Waals surface area contributed by atoms with Gasteiger partial charge in [0.15, 0.2) is 5.69 Å². The van der Waals surface area contributed by atoms with Crippen molar-refractivity contribution in [3.8, 4) is 23.1 Å². The van der Waals surface area contributed by atoms with E-state index in [2.05, 4.69) is 20.0 Å². The average molecular weight is 642 g/mol. The molecule has 44 heavy (non-hydrogen) atoms. The van der Waals surface area contributed by atoms with Crippen molar-refractivity contribution in [1.82, 2.24) is 19.4 Å². The van der Waals surface area contributed by atoms with Crippen LogP contribution in [0.5, 0.6) is 17.4 Å². The third-order valence-electron chi connectivity index (χ3n) is 6.85. The fourth-order valence-electron chi connectivity index (χ4n) is 4.53. The van der Waals surface area contributed by atoms with Crippen LogP contribution in [0.1, 0.15) is 25.7 Å². The number of carboxylic acids is 1. The molecule has 5 rings (SSSR count). The van der Waals surface area contributed by atoms with E-state index < -0.39 is 21.9 Å². The summed E-state index contributed by atoms with van der Waals surface area (Å²) >= 11 is 1.25. The van der Waals surface area contributed by atoms with Gasteiger partial charge in [0, 0.05) is 37.4 Å². The lowest BCUT2D eigenvalue weighted by Gasteiger charge is -2.26. The van der Waals surface area contributed by atoms with Crippen molar-refractivity contribution in [1.29, 1.82) is 0 Å². The first kappa shape index (κ1) is 31.2. The summed E-state index contributed by atoms with van der Waals surface area (Å²) in [5, 5.41) is 18.5. The Balaban J connectivity index is 1.51. The van der Waals surface area contributed by atoms with Gasteiger partial charge in [0.1, 0.15) is 16.4 Å². The number of aromatic nitrogens is 2. The molecular formula is C29H31N5O8S2. The number of hydrogen-bond donors (Lipinski definition) is 3. The predicted molar refractivity (Wildman–Crippen MR) is 163 cm³/mol. The zero-order valence-electron chi connectivity index (χ0n) is 24.0. The number of nitrogens with zero attached hydrogens (tertiary/aromatic N) is 3. The highest BCUT2D eigenvalue weighted by atomic mass is 32.2. The fourth-order valence-corrected chi connectivity index (χ4v) is 6.32. The minimum absolute atomic E-state index is 0.00713. The predicted octanol–water partition coefficient (Wildman–Crippen LogP) is 3.60. The van der Waals surface area contributed by atoms with Gasteiger partial charge in [-0.15, -0.1) is 11.3 Å². The largest absolute Gasteiger partial charge is 0.497 e. The molecule has 3 N–H and O–H groups in total. The Labute approximate surface area is 258 Å². The minimum atomic E-state index is -4.18. The molecule has 1 aliphatic rings. The van der Waals surface area contributed by atoms with Gasteiger partial charge in [-0.1, -0.05) is 6.07 Å². The maximum absolute atomic E-state index is 13.7. The van der Waals surface area contributed by atoms with Gasteiger partial charge >= 0.3 is 5.97 Å². The number of thiophene rings is 1. The number of rotatable bonds is 12. The number of sulfonamides is 1. The molecule has 1 saturated heterocycles. The number of nitrogens with one attached hydrogen (secondary N) is 2. The number of aromatic carboxylic acids is 1. The second-order valence-corrected chi connectivity index (χ2v) is 12.4. The number of carbonyl (C=O) groups is 2. The maximum Gasteiger partial charge on any atom is 0.356 e. The van der Waals surface area contributed by atoms with Crippen molar-refractivity contribution in [3.05, 3.63) is 76.1 Å². The van der Waals surface area contributed by atoms with Crippen LogP contribution in [-0.4, -0.2) is 86.6 Å². The smallest absolute Gasteiger partial charge is 0.356 e. The Morgan fingerprint density at radius 2 is 1.86 bits per heavy atom. The quantitative estimate of drug-likeness (QED) is 0.208. The van der Waals surface area contributed by atoms with Gasteiger partial charge in [-0.25, -0.2) is 17.9 Å². The molecule has 232 valence electrons. The second-order valence-electron chi connectivity index (χ2n) is 9.74. The van der Waals surface area contributed by atoms with E-state index in [-0.39, 0.29) is 40.0 Å². The Kier molecular flexibility index (Phi) is 9.61. The summed E-state index contributed by atoms with van der Waals surface area (Å²) in [5.74, 6) is -1.17. The summed E-state index contributed by atoms with van der Waals surface area (Å²) in [6.45, 7) is 4.67. The van der Waals surface area contributed by atoms with Crippen molar-refractivity contribution in [2.24, 2.45) is 0 Å². The highest BCUT2D eigenvalue weighted by molar-refractivity contribution is 7.89. The molecule has 4 aromatic rings. The van der Waals surface area contributed by atoms with Gasteiger partial charge < -0.3 is 24.6 Å². The van der Waals surface area contributed by atoms with Crippen LogP contribution in [0.4, 0.5) is 5.69 Å². The first-order valence-corrected chi connectivity index (χ1v) is 16.0. The van der Waals surface area contributed by atoms with Crippen molar-refractivity contribution in [3.63, 3.8) is 0 Å². The number of carboxylic acid groups (broad SMARTS) is 1. The summed E-state index contributed by atoms with van der Waals surface area (Å²) < 4.78 is 48.1. The molecule has 1 fully saturated rings. The average Bonchev–Trinajstić information content (AvgIpc) is 3.67. The van der Waals surface area contributed by atoms with E-state index in [9.17, 15) is 23.1 Å². The van der Waals surface area contributed by atoms with Crippen LogP contribution >= 0.6 is 11.3 Å². The van der Waals surface area contributed by atoms with Crippen molar-refractivity contribution < 1.29 is 37.3 Å². The number of methoxy groups -OCH3 is 1. The molecule has 0 spiro atoms. The lowest BCUT2D eigenvalue weighted by Crippen LogP contribution is -2.41. The second kappa shape index (κ2) is 13.6. The summed E-state index contributed by atoms with van der Waals surface area (Å²) in [7, 11) is -2.66. The van der Waals surface area contributed by atoms with Crippen molar-refractivity contribution >= 4 is 38.9 Å². The normalized spacial score (nSPS) is 13.9. The third kappa shape index (κ3) is 7.09. The maximum atomic E-state index is 13.7. The first-order valence-electron chi connectivity index (χ1n) is 13.6. The number of ether oxygens (including phenoxy) is 3. The van der Waals surface area contributed by atoms with Crippen LogP contribution in [0.15, 0.2) is 64.9 Å². The lowest BCUT2D eigenvalue weighted by molar-refractivity contribution is 0.0390. The number of carbonyl (C=O) groups excluding carboxylic acids is 1. The molecule has 0 atom stereocenters. The van der Waals surface area contributed by atoms with Crippen LogP contribution in [0.2, 0.25) is 0 Å². The van der Waals surface area contributed by atoms with Crippen molar-refractivity contribution in [2.45, 2.75) is 11.8 Å². The Hall–Kier alpha value is -4.28. The SMILES string of the molecule is COc1ccc(-n2nc(C(=O)O)c(C)c2Oc2ccc(NC(=O)c3cccs3)cc2S(=O)(=O)NCCN2CCOCC2)cc1. The highest BCUT2D eigenvalue weighted by Crippen LogP contribution is 2.35. The summed E-state index contributed by atoms with van der Waals surface area (Å²) in [6, 6.07) is 14.3. The standard InChI is InChI=1S/C29H31N5O8S2/c1-19-26(29(36)37)32-34(21-6-8-22(40-2)9-7-21)28(19)42-23-10-5-20(31-27(35)24-4-3-17-43-24)18-25(23)44(38,39)30-11-12-33-13-15-41-16-14-33/h3-10,17-18,30H,11-16H2,1-2H3,(H,31,35)(H,36,37). The Morgan fingerprint density at radius 3 is 2.52 bits per heavy atom. The lowest BCUT2D eigenvalue weighted by atomic mass is 10.2. The first-order chi connectivity index (χ1) is 21.2.